The lowest BCUT2D eigenvalue weighted by Crippen LogP contribution is -2.32. The van der Waals surface area contributed by atoms with E-state index in [-0.39, 0.29) is 12.0 Å². The Morgan fingerprint density at radius 2 is 1.68 bits per heavy atom. The highest BCUT2D eigenvalue weighted by molar-refractivity contribution is 5.74. The number of nitrogens with one attached hydrogen (secondary N) is 2. The molecule has 1 aromatic carbocycles. The molecule has 0 radical (unpaired) electrons. The molecule has 6 heteroatoms. The number of hydrogen-bond donors (Lipinski definition) is 2. The maximum absolute atomic E-state index is 11.6. The Kier molecular flexibility index (Phi) is 9.62. The first-order chi connectivity index (χ1) is 11.9. The van der Waals surface area contributed by atoms with Gasteiger partial charge in [0.2, 0.25) is 5.91 Å². The third-order valence-corrected chi connectivity index (χ3v) is 3.27. The van der Waals surface area contributed by atoms with Crippen LogP contribution >= 0.6 is 0 Å². The molecule has 0 aromatic heterocycles. The second-order valence-electron chi connectivity index (χ2n) is 6.89. The summed E-state index contributed by atoms with van der Waals surface area (Å²) in [6.45, 7) is 6.45. The minimum Gasteiger partial charge on any atom is -0.444 e. The van der Waals surface area contributed by atoms with Crippen LogP contribution in [0.1, 0.15) is 58.4 Å². The first kappa shape index (κ1) is 21.0. The smallest absolute Gasteiger partial charge is 0.407 e. The van der Waals surface area contributed by atoms with Gasteiger partial charge in [-0.3, -0.25) is 9.63 Å². The Morgan fingerprint density at radius 1 is 1.00 bits per heavy atom. The minimum atomic E-state index is -0.472. The molecule has 0 aliphatic heterocycles. The van der Waals surface area contributed by atoms with Crippen LogP contribution in [-0.4, -0.2) is 24.1 Å². The summed E-state index contributed by atoms with van der Waals surface area (Å²) in [7, 11) is 0. The second-order valence-corrected chi connectivity index (χ2v) is 6.89. The first-order valence-corrected chi connectivity index (χ1v) is 8.78. The van der Waals surface area contributed by atoms with E-state index in [0.29, 0.717) is 19.6 Å². The number of hydroxylamine groups is 1. The molecule has 0 saturated carbocycles. The molecule has 0 aliphatic rings. The molecule has 25 heavy (non-hydrogen) atoms. The van der Waals surface area contributed by atoms with E-state index in [2.05, 4.69) is 10.8 Å². The van der Waals surface area contributed by atoms with Crippen LogP contribution in [0.3, 0.4) is 0 Å². The van der Waals surface area contributed by atoms with Crippen molar-refractivity contribution in [3.63, 3.8) is 0 Å². The van der Waals surface area contributed by atoms with Gasteiger partial charge in [0.25, 0.3) is 0 Å². The molecule has 0 atom stereocenters. The second kappa shape index (κ2) is 11.5. The number of unbranched alkanes of at least 4 members (excludes halogenated alkanes) is 3. The highest BCUT2D eigenvalue weighted by Gasteiger charge is 2.15. The van der Waals surface area contributed by atoms with Crippen molar-refractivity contribution in [2.75, 3.05) is 6.54 Å². The molecule has 6 nitrogen and oxygen atoms in total. The number of carbonyl (C=O) groups excluding carboxylic acids is 2. The van der Waals surface area contributed by atoms with E-state index in [1.54, 1.807) is 0 Å². The van der Waals surface area contributed by atoms with Crippen LogP contribution in [0, 0.1) is 0 Å². The van der Waals surface area contributed by atoms with Crippen molar-refractivity contribution >= 4 is 12.0 Å². The Morgan fingerprint density at radius 3 is 2.36 bits per heavy atom. The highest BCUT2D eigenvalue weighted by Crippen LogP contribution is 2.07. The van der Waals surface area contributed by atoms with Gasteiger partial charge in [0.05, 0.1) is 6.61 Å². The summed E-state index contributed by atoms with van der Waals surface area (Å²) in [6, 6.07) is 9.68. The van der Waals surface area contributed by atoms with Crippen molar-refractivity contribution in [3.8, 4) is 0 Å². The fourth-order valence-electron chi connectivity index (χ4n) is 2.09. The summed E-state index contributed by atoms with van der Waals surface area (Å²) in [6.07, 6.45) is 3.60. The third-order valence-electron chi connectivity index (χ3n) is 3.27. The predicted octanol–water partition coefficient (Wildman–Crippen LogP) is 3.71. The highest BCUT2D eigenvalue weighted by atomic mass is 16.6. The number of hydrogen-bond acceptors (Lipinski definition) is 4. The van der Waals surface area contributed by atoms with Gasteiger partial charge >= 0.3 is 6.09 Å². The monoisotopic (exact) mass is 350 g/mol. The van der Waals surface area contributed by atoms with Crippen LogP contribution in [0.15, 0.2) is 30.3 Å². The summed E-state index contributed by atoms with van der Waals surface area (Å²) in [4.78, 5) is 28.3. The number of alkyl carbamates (subject to hydrolysis) is 1. The molecule has 1 rings (SSSR count). The number of benzene rings is 1. The van der Waals surface area contributed by atoms with Gasteiger partial charge in [-0.05, 0) is 39.2 Å². The predicted molar refractivity (Wildman–Crippen MR) is 96.7 cm³/mol. The number of rotatable bonds is 10. The molecule has 1 aromatic rings. The molecule has 0 bridgehead atoms. The zero-order valence-electron chi connectivity index (χ0n) is 15.5. The summed E-state index contributed by atoms with van der Waals surface area (Å²) < 4.78 is 5.15. The molecule has 0 heterocycles. The lowest BCUT2D eigenvalue weighted by Gasteiger charge is -2.19. The zero-order chi connectivity index (χ0) is 18.5. The van der Waals surface area contributed by atoms with Crippen molar-refractivity contribution in [2.24, 2.45) is 0 Å². The van der Waals surface area contributed by atoms with E-state index < -0.39 is 5.60 Å². The first-order valence-electron chi connectivity index (χ1n) is 8.78. The summed E-state index contributed by atoms with van der Waals surface area (Å²) in [5, 5.41) is 2.72. The van der Waals surface area contributed by atoms with Crippen molar-refractivity contribution in [3.05, 3.63) is 35.9 Å². The molecular formula is C19H30N2O4. The van der Waals surface area contributed by atoms with Crippen LogP contribution in [0.5, 0.6) is 0 Å². The van der Waals surface area contributed by atoms with Crippen LogP contribution in [0.2, 0.25) is 0 Å². The minimum absolute atomic E-state index is 0.109. The van der Waals surface area contributed by atoms with Crippen molar-refractivity contribution in [1.82, 2.24) is 10.8 Å². The lowest BCUT2D eigenvalue weighted by molar-refractivity contribution is -0.134. The molecule has 2 amide bonds. The van der Waals surface area contributed by atoms with Gasteiger partial charge in [-0.2, -0.15) is 0 Å². The molecule has 2 N–H and O–H groups in total. The zero-order valence-corrected chi connectivity index (χ0v) is 15.5. The quantitative estimate of drug-likeness (QED) is 0.498. The van der Waals surface area contributed by atoms with E-state index in [1.807, 2.05) is 51.1 Å². The van der Waals surface area contributed by atoms with Crippen molar-refractivity contribution in [2.45, 2.75) is 65.1 Å². The van der Waals surface area contributed by atoms with Crippen LogP contribution < -0.4 is 10.8 Å². The maximum Gasteiger partial charge on any atom is 0.407 e. The van der Waals surface area contributed by atoms with Gasteiger partial charge in [-0.15, -0.1) is 0 Å². The fourth-order valence-corrected chi connectivity index (χ4v) is 2.09. The van der Waals surface area contributed by atoms with Gasteiger partial charge in [-0.25, -0.2) is 10.3 Å². The van der Waals surface area contributed by atoms with E-state index in [1.165, 1.54) is 0 Å². The fraction of sp³-hybridized carbons (Fsp3) is 0.579. The van der Waals surface area contributed by atoms with E-state index in [0.717, 1.165) is 31.2 Å². The van der Waals surface area contributed by atoms with Gasteiger partial charge in [-0.1, -0.05) is 43.2 Å². The third kappa shape index (κ3) is 12.0. The van der Waals surface area contributed by atoms with Crippen LogP contribution in [0.4, 0.5) is 4.79 Å². The molecule has 0 fully saturated rings. The molecular weight excluding hydrogens is 320 g/mol. The normalized spacial score (nSPS) is 11.0. The Labute approximate surface area is 150 Å². The van der Waals surface area contributed by atoms with Crippen LogP contribution in [0.25, 0.3) is 0 Å². The summed E-state index contributed by atoms with van der Waals surface area (Å²) in [5.74, 6) is -0.109. The summed E-state index contributed by atoms with van der Waals surface area (Å²) in [5.41, 5.74) is 3.00. The molecule has 0 spiro atoms. The maximum atomic E-state index is 11.6. The largest absolute Gasteiger partial charge is 0.444 e. The topological polar surface area (TPSA) is 76.7 Å². The van der Waals surface area contributed by atoms with Crippen molar-refractivity contribution < 1.29 is 19.2 Å². The van der Waals surface area contributed by atoms with E-state index in [4.69, 9.17) is 9.57 Å². The summed E-state index contributed by atoms with van der Waals surface area (Å²) >= 11 is 0. The SMILES string of the molecule is CC(C)(C)OC(=O)NCCCCCCC(=O)NOCc1ccccc1. The standard InChI is InChI=1S/C19H30N2O4/c1-19(2,3)25-18(23)20-14-10-5-4-9-13-17(22)21-24-15-16-11-7-6-8-12-16/h6-8,11-12H,4-5,9-10,13-15H2,1-3H3,(H,20,23)(H,21,22). The van der Waals surface area contributed by atoms with Gasteiger partial charge in [0, 0.05) is 13.0 Å². The van der Waals surface area contributed by atoms with Gasteiger partial charge in [0.15, 0.2) is 0 Å². The Bertz CT molecular complexity index is 512. The lowest BCUT2D eigenvalue weighted by atomic mass is 10.1. The average Bonchev–Trinajstić information content (AvgIpc) is 2.53. The molecule has 140 valence electrons. The van der Waals surface area contributed by atoms with Gasteiger partial charge in [0.1, 0.15) is 5.60 Å². The van der Waals surface area contributed by atoms with E-state index in [9.17, 15) is 9.59 Å². The Balaban J connectivity index is 1.93. The molecule has 0 unspecified atom stereocenters. The number of amides is 2. The van der Waals surface area contributed by atoms with Crippen molar-refractivity contribution in [1.29, 1.82) is 0 Å². The van der Waals surface area contributed by atoms with Gasteiger partial charge < -0.3 is 10.1 Å². The number of ether oxygens (including phenoxy) is 1. The number of carbonyl (C=O) groups is 2. The Hall–Kier alpha value is -2.08. The van der Waals surface area contributed by atoms with E-state index >= 15 is 0 Å². The van der Waals surface area contributed by atoms with Crippen LogP contribution in [-0.2, 0) is 21.0 Å². The molecule has 0 saturated heterocycles. The molecule has 0 aliphatic carbocycles. The average molecular weight is 350 g/mol.